The molecule has 0 spiro atoms. The lowest BCUT2D eigenvalue weighted by atomic mass is 9.89. The summed E-state index contributed by atoms with van der Waals surface area (Å²) in [6.45, 7) is 0. The summed E-state index contributed by atoms with van der Waals surface area (Å²) < 4.78 is 0. The SMILES string of the molecule is O=C1C(=O)N(c2ccccc2)C2=C1CCc1ccccc12. The second-order valence-corrected chi connectivity index (χ2v) is 5.29. The van der Waals surface area contributed by atoms with Crippen molar-refractivity contribution in [2.75, 3.05) is 4.90 Å². The molecular weight excluding hydrogens is 262 g/mol. The van der Waals surface area contributed by atoms with E-state index in [1.54, 1.807) is 4.90 Å². The molecule has 2 aromatic rings. The van der Waals surface area contributed by atoms with Crippen molar-refractivity contribution in [1.82, 2.24) is 0 Å². The number of hydrogen-bond donors (Lipinski definition) is 0. The topological polar surface area (TPSA) is 37.4 Å². The highest BCUT2D eigenvalue weighted by atomic mass is 16.2. The molecular formula is C18H13NO2. The first-order chi connectivity index (χ1) is 10.3. The summed E-state index contributed by atoms with van der Waals surface area (Å²) in [6.07, 6.45) is 1.46. The van der Waals surface area contributed by atoms with Crippen LogP contribution in [0.5, 0.6) is 0 Å². The van der Waals surface area contributed by atoms with Crippen LogP contribution in [-0.2, 0) is 16.0 Å². The monoisotopic (exact) mass is 275 g/mol. The van der Waals surface area contributed by atoms with Crippen molar-refractivity contribution in [3.63, 3.8) is 0 Å². The fraction of sp³-hybridized carbons (Fsp3) is 0.111. The Kier molecular flexibility index (Phi) is 2.54. The number of benzene rings is 2. The van der Waals surface area contributed by atoms with Gasteiger partial charge in [-0.15, -0.1) is 0 Å². The molecule has 2 aliphatic rings. The maximum atomic E-state index is 12.4. The van der Waals surface area contributed by atoms with Gasteiger partial charge in [0, 0.05) is 16.8 Å². The average Bonchev–Trinajstić information content (AvgIpc) is 2.80. The number of hydrogen-bond acceptors (Lipinski definition) is 2. The molecule has 0 fully saturated rings. The highest BCUT2D eigenvalue weighted by molar-refractivity contribution is 6.54. The summed E-state index contributed by atoms with van der Waals surface area (Å²) in [5.41, 5.74) is 4.37. The third-order valence-electron chi connectivity index (χ3n) is 4.11. The van der Waals surface area contributed by atoms with E-state index in [-0.39, 0.29) is 5.78 Å². The summed E-state index contributed by atoms with van der Waals surface area (Å²) in [4.78, 5) is 26.3. The van der Waals surface area contributed by atoms with Gasteiger partial charge < -0.3 is 0 Å². The van der Waals surface area contributed by atoms with Gasteiger partial charge in [-0.3, -0.25) is 14.5 Å². The van der Waals surface area contributed by atoms with Crippen LogP contribution >= 0.6 is 0 Å². The van der Waals surface area contributed by atoms with E-state index in [4.69, 9.17) is 0 Å². The molecule has 1 aliphatic carbocycles. The molecule has 0 unspecified atom stereocenters. The minimum atomic E-state index is -0.442. The Morgan fingerprint density at radius 3 is 2.33 bits per heavy atom. The fourth-order valence-electron chi connectivity index (χ4n) is 3.14. The maximum absolute atomic E-state index is 12.4. The van der Waals surface area contributed by atoms with E-state index >= 15 is 0 Å². The van der Waals surface area contributed by atoms with Gasteiger partial charge in [-0.2, -0.15) is 0 Å². The zero-order chi connectivity index (χ0) is 14.4. The molecule has 0 saturated carbocycles. The molecule has 0 saturated heterocycles. The van der Waals surface area contributed by atoms with Crippen LogP contribution in [0.4, 0.5) is 5.69 Å². The van der Waals surface area contributed by atoms with Crippen molar-refractivity contribution in [3.8, 4) is 0 Å². The number of fused-ring (bicyclic) bond motifs is 2. The zero-order valence-corrected chi connectivity index (χ0v) is 11.4. The summed E-state index contributed by atoms with van der Waals surface area (Å²) in [5.74, 6) is -0.800. The van der Waals surface area contributed by atoms with E-state index in [0.29, 0.717) is 12.0 Å². The van der Waals surface area contributed by atoms with E-state index in [2.05, 4.69) is 6.07 Å². The van der Waals surface area contributed by atoms with Crippen LogP contribution in [0.1, 0.15) is 17.5 Å². The van der Waals surface area contributed by atoms with E-state index in [9.17, 15) is 9.59 Å². The standard InChI is InChI=1S/C18H13NO2/c20-17-15-11-10-12-6-4-5-9-14(12)16(15)19(18(17)21)13-7-2-1-3-8-13/h1-9H,10-11H2. The van der Waals surface area contributed by atoms with Crippen LogP contribution in [0.2, 0.25) is 0 Å². The predicted molar refractivity (Wildman–Crippen MR) is 80.6 cm³/mol. The quantitative estimate of drug-likeness (QED) is 0.750. The Morgan fingerprint density at radius 1 is 0.810 bits per heavy atom. The average molecular weight is 275 g/mol. The number of aryl methyl sites for hydroxylation is 1. The highest BCUT2D eigenvalue weighted by Gasteiger charge is 2.41. The van der Waals surface area contributed by atoms with E-state index in [0.717, 1.165) is 23.4 Å². The Morgan fingerprint density at radius 2 is 1.52 bits per heavy atom. The Balaban J connectivity index is 1.95. The van der Waals surface area contributed by atoms with Crippen molar-refractivity contribution in [2.24, 2.45) is 0 Å². The zero-order valence-electron chi connectivity index (χ0n) is 11.4. The smallest absolute Gasteiger partial charge is 0.283 e. The van der Waals surface area contributed by atoms with Crippen LogP contribution in [0.3, 0.4) is 0 Å². The summed E-state index contributed by atoms with van der Waals surface area (Å²) in [5, 5.41) is 0. The Hall–Kier alpha value is -2.68. The van der Waals surface area contributed by atoms with E-state index < -0.39 is 5.91 Å². The summed E-state index contributed by atoms with van der Waals surface area (Å²) >= 11 is 0. The molecule has 3 nitrogen and oxygen atoms in total. The molecule has 0 bridgehead atoms. The molecule has 1 heterocycles. The molecule has 0 aromatic heterocycles. The molecule has 1 amide bonds. The number of para-hydroxylation sites is 1. The largest absolute Gasteiger partial charge is 0.303 e. The molecule has 21 heavy (non-hydrogen) atoms. The van der Waals surface area contributed by atoms with Crippen molar-refractivity contribution in [3.05, 3.63) is 71.3 Å². The second kappa shape index (κ2) is 4.42. The number of amides is 1. The van der Waals surface area contributed by atoms with Crippen molar-refractivity contribution < 1.29 is 9.59 Å². The number of ketones is 1. The van der Waals surface area contributed by atoms with Gasteiger partial charge in [-0.05, 0) is 30.5 Å². The lowest BCUT2D eigenvalue weighted by molar-refractivity contribution is -0.132. The molecule has 102 valence electrons. The summed E-state index contributed by atoms with van der Waals surface area (Å²) in [6, 6.07) is 17.4. The summed E-state index contributed by atoms with van der Waals surface area (Å²) in [7, 11) is 0. The number of Topliss-reactive ketones (excluding diaryl/α,β-unsaturated/α-hetero) is 1. The van der Waals surface area contributed by atoms with Gasteiger partial charge in [0.25, 0.3) is 0 Å². The second-order valence-electron chi connectivity index (χ2n) is 5.29. The first-order valence-corrected chi connectivity index (χ1v) is 7.02. The first kappa shape index (κ1) is 12.1. The predicted octanol–water partition coefficient (Wildman–Crippen LogP) is 2.96. The third-order valence-corrected chi connectivity index (χ3v) is 4.11. The van der Waals surface area contributed by atoms with Gasteiger partial charge in [0.2, 0.25) is 5.78 Å². The maximum Gasteiger partial charge on any atom is 0.303 e. The fourth-order valence-corrected chi connectivity index (χ4v) is 3.14. The molecule has 0 atom stereocenters. The van der Waals surface area contributed by atoms with Gasteiger partial charge in [-0.25, -0.2) is 0 Å². The van der Waals surface area contributed by atoms with Crippen molar-refractivity contribution in [1.29, 1.82) is 0 Å². The Bertz CT molecular complexity index is 790. The number of rotatable bonds is 1. The molecule has 0 N–H and O–H groups in total. The molecule has 1 aliphatic heterocycles. The van der Waals surface area contributed by atoms with Crippen molar-refractivity contribution in [2.45, 2.75) is 12.8 Å². The first-order valence-electron chi connectivity index (χ1n) is 7.02. The van der Waals surface area contributed by atoms with Gasteiger partial charge in [-0.1, -0.05) is 42.5 Å². The van der Waals surface area contributed by atoms with Gasteiger partial charge >= 0.3 is 5.91 Å². The van der Waals surface area contributed by atoms with E-state index in [1.807, 2.05) is 48.5 Å². The van der Waals surface area contributed by atoms with E-state index in [1.165, 1.54) is 5.56 Å². The minimum absolute atomic E-state index is 0.358. The molecule has 4 rings (SSSR count). The van der Waals surface area contributed by atoms with Crippen LogP contribution in [0.15, 0.2) is 60.2 Å². The minimum Gasteiger partial charge on any atom is -0.283 e. The van der Waals surface area contributed by atoms with Crippen molar-refractivity contribution >= 4 is 23.1 Å². The van der Waals surface area contributed by atoms with Gasteiger partial charge in [0.05, 0.1) is 5.70 Å². The normalized spacial score (nSPS) is 17.0. The lowest BCUT2D eigenvalue weighted by Crippen LogP contribution is -2.28. The van der Waals surface area contributed by atoms with Crippen LogP contribution in [-0.4, -0.2) is 11.7 Å². The Labute approximate surface area is 122 Å². The number of carbonyl (C=O) groups is 2. The third kappa shape index (κ3) is 1.67. The van der Waals surface area contributed by atoms with Gasteiger partial charge in [0.15, 0.2) is 0 Å². The highest BCUT2D eigenvalue weighted by Crippen LogP contribution is 2.41. The van der Waals surface area contributed by atoms with Crippen LogP contribution in [0, 0.1) is 0 Å². The molecule has 3 heteroatoms. The van der Waals surface area contributed by atoms with Gasteiger partial charge in [0.1, 0.15) is 0 Å². The molecule has 2 aromatic carbocycles. The number of nitrogens with zero attached hydrogens (tertiary/aromatic N) is 1. The number of carbonyl (C=O) groups excluding carboxylic acids is 2. The van der Waals surface area contributed by atoms with Crippen LogP contribution < -0.4 is 4.90 Å². The lowest BCUT2D eigenvalue weighted by Gasteiger charge is -2.24. The van der Waals surface area contributed by atoms with Crippen LogP contribution in [0.25, 0.3) is 5.70 Å². The number of anilines is 1. The molecule has 0 radical (unpaired) electrons.